The van der Waals surface area contributed by atoms with E-state index in [-0.39, 0.29) is 31.5 Å². The quantitative estimate of drug-likeness (QED) is 0.0408. The molecule has 0 saturated carbocycles. The molecule has 14 nitrogen and oxygen atoms in total. The zero-order valence-corrected chi connectivity index (χ0v) is 35.7. The van der Waals surface area contributed by atoms with Gasteiger partial charge >= 0.3 is 17.6 Å². The first kappa shape index (κ1) is 47.2. The highest BCUT2D eigenvalue weighted by molar-refractivity contribution is 5.79. The number of carboxylic acids is 1. The van der Waals surface area contributed by atoms with Gasteiger partial charge in [-0.2, -0.15) is 0 Å². The van der Waals surface area contributed by atoms with Gasteiger partial charge in [0.15, 0.2) is 0 Å². The molecule has 4 rings (SSSR count). The number of aliphatic carboxylic acids is 1. The Hall–Kier alpha value is -4.13. The van der Waals surface area contributed by atoms with E-state index in [2.05, 4.69) is 49.6 Å². The summed E-state index contributed by atoms with van der Waals surface area (Å²) in [7, 11) is 0. The number of aliphatic hydroxyl groups is 1. The maximum atomic E-state index is 12.2. The average Bonchev–Trinajstić information content (AvgIpc) is 3.55. The molecule has 2 aliphatic rings. The van der Waals surface area contributed by atoms with E-state index in [1.54, 1.807) is 6.92 Å². The molecule has 6 atom stereocenters. The Balaban J connectivity index is 0.000000380. The van der Waals surface area contributed by atoms with E-state index in [0.29, 0.717) is 11.3 Å². The highest BCUT2D eigenvalue weighted by atomic mass is 16.5. The lowest BCUT2D eigenvalue weighted by molar-refractivity contribution is -0.142. The van der Waals surface area contributed by atoms with Crippen molar-refractivity contribution in [2.45, 2.75) is 176 Å². The number of fused-ring (bicyclic) bond motifs is 1. The number of ether oxygens (including phenoxy) is 3. The first-order chi connectivity index (χ1) is 26.9. The molecule has 14 heteroatoms. The molecule has 1 fully saturated rings. The number of aromatic nitrogens is 2. The number of aliphatic hydroxyl groups excluding tert-OH is 1. The fraction of sp³-hybridized carbons (Fsp3) is 0.721. The largest absolute Gasteiger partial charge is 0.487 e. The second-order valence-electron chi connectivity index (χ2n) is 17.1. The third kappa shape index (κ3) is 14.0. The van der Waals surface area contributed by atoms with Crippen LogP contribution in [-0.4, -0.2) is 56.1 Å². The summed E-state index contributed by atoms with van der Waals surface area (Å²) >= 11 is 0. The Morgan fingerprint density at radius 1 is 1.00 bits per heavy atom. The van der Waals surface area contributed by atoms with Crippen molar-refractivity contribution in [3.8, 4) is 11.5 Å². The fourth-order valence-electron chi connectivity index (χ4n) is 7.83. The third-order valence-corrected chi connectivity index (χ3v) is 11.6. The van der Waals surface area contributed by atoms with Crippen LogP contribution in [0.4, 0.5) is 0 Å². The average molecular weight is 798 g/mol. The number of rotatable bonds is 19. The summed E-state index contributed by atoms with van der Waals surface area (Å²) in [5.41, 5.74) is 11.5. The number of esters is 1. The number of azide groups is 1. The molecule has 57 heavy (non-hydrogen) atoms. The summed E-state index contributed by atoms with van der Waals surface area (Å²) in [6.45, 7) is 18.9. The summed E-state index contributed by atoms with van der Waals surface area (Å²) in [6, 6.07) is -0.542. The summed E-state index contributed by atoms with van der Waals surface area (Å²) in [5.74, 6) is 2.42. The van der Waals surface area contributed by atoms with Gasteiger partial charge in [0, 0.05) is 28.7 Å². The van der Waals surface area contributed by atoms with Gasteiger partial charge in [-0.15, -0.1) is 0 Å². The minimum atomic E-state index is -0.999. The minimum absolute atomic E-state index is 0.130. The molecule has 0 unspecified atom stereocenters. The van der Waals surface area contributed by atoms with E-state index in [0.717, 1.165) is 65.0 Å². The van der Waals surface area contributed by atoms with Gasteiger partial charge in [-0.3, -0.25) is 23.9 Å². The molecule has 1 aromatic carbocycles. The van der Waals surface area contributed by atoms with Crippen molar-refractivity contribution in [2.75, 3.05) is 6.61 Å². The number of nitrogens with one attached hydrogen (secondary N) is 1. The minimum Gasteiger partial charge on any atom is -0.487 e. The van der Waals surface area contributed by atoms with Crippen molar-refractivity contribution in [3.05, 3.63) is 65.3 Å². The van der Waals surface area contributed by atoms with Crippen LogP contribution >= 0.6 is 0 Å². The van der Waals surface area contributed by atoms with Crippen molar-refractivity contribution in [2.24, 2.45) is 22.9 Å². The molecule has 0 radical (unpaired) electrons. The number of hydrogen-bond donors (Lipinski definition) is 3. The number of carbonyl (C=O) groups is 2. The molecule has 0 bridgehead atoms. The lowest BCUT2D eigenvalue weighted by Gasteiger charge is -2.38. The molecule has 1 saturated heterocycles. The van der Waals surface area contributed by atoms with Crippen molar-refractivity contribution < 1.29 is 34.0 Å². The van der Waals surface area contributed by atoms with E-state index in [9.17, 15) is 19.2 Å². The number of hydrogen-bond acceptors (Lipinski definition) is 9. The summed E-state index contributed by atoms with van der Waals surface area (Å²) in [4.78, 5) is 50.9. The number of aromatic amines is 1. The Labute approximate surface area is 337 Å². The van der Waals surface area contributed by atoms with E-state index in [4.69, 9.17) is 30.0 Å². The molecular weight excluding hydrogens is 730 g/mol. The molecule has 0 aliphatic carbocycles. The lowest BCUT2D eigenvalue weighted by atomic mass is 9.83. The van der Waals surface area contributed by atoms with Crippen LogP contribution in [0.25, 0.3) is 10.4 Å². The summed E-state index contributed by atoms with van der Waals surface area (Å²) < 4.78 is 19.0. The van der Waals surface area contributed by atoms with Gasteiger partial charge in [-0.1, -0.05) is 77.8 Å². The van der Waals surface area contributed by atoms with E-state index < -0.39 is 41.6 Å². The molecule has 0 spiro atoms. The van der Waals surface area contributed by atoms with Gasteiger partial charge in [0.1, 0.15) is 23.3 Å². The van der Waals surface area contributed by atoms with Crippen molar-refractivity contribution in [3.63, 3.8) is 0 Å². The Bertz CT molecular complexity index is 1830. The van der Waals surface area contributed by atoms with Crippen LogP contribution in [0.15, 0.2) is 20.9 Å². The SMILES string of the molecule is Cc1c(C)c2c(c(C)c1OC(=O)CCC(=O)O)CC[C@@](C)(CCC[C@H](C)CCC[C@H](C)CCCC(C)C)O2.Cc1cn([C@H]2C[C@H](N=[N+]=[N-])[C@@H](CO)O2)c(=O)[nH]c1=O. The van der Waals surface area contributed by atoms with Crippen molar-refractivity contribution >= 4 is 11.9 Å². The van der Waals surface area contributed by atoms with Crippen LogP contribution in [0.3, 0.4) is 0 Å². The maximum Gasteiger partial charge on any atom is 0.330 e. The molecule has 0 amide bonds. The van der Waals surface area contributed by atoms with Gasteiger partial charge in [0.05, 0.1) is 31.6 Å². The Morgan fingerprint density at radius 2 is 1.63 bits per heavy atom. The van der Waals surface area contributed by atoms with Gasteiger partial charge in [0.25, 0.3) is 5.56 Å². The maximum absolute atomic E-state index is 12.2. The highest BCUT2D eigenvalue weighted by Gasteiger charge is 2.36. The number of benzene rings is 1. The van der Waals surface area contributed by atoms with Crippen molar-refractivity contribution in [1.29, 1.82) is 0 Å². The first-order valence-electron chi connectivity index (χ1n) is 20.8. The number of aryl methyl sites for hydroxylation is 1. The molecule has 1 aromatic heterocycles. The van der Waals surface area contributed by atoms with Gasteiger partial charge < -0.3 is 24.4 Å². The number of H-pyrrole nitrogens is 1. The van der Waals surface area contributed by atoms with E-state index in [1.807, 2.05) is 20.8 Å². The topological polar surface area (TPSA) is 206 Å². The van der Waals surface area contributed by atoms with E-state index in [1.165, 1.54) is 62.1 Å². The molecule has 3 heterocycles. The second kappa shape index (κ2) is 22.1. The van der Waals surface area contributed by atoms with Crippen LogP contribution in [0.2, 0.25) is 0 Å². The Morgan fingerprint density at radius 3 is 2.23 bits per heavy atom. The lowest BCUT2D eigenvalue weighted by Crippen LogP contribution is -2.37. The molecule has 2 aromatic rings. The third-order valence-electron chi connectivity index (χ3n) is 11.6. The first-order valence-corrected chi connectivity index (χ1v) is 20.8. The Kier molecular flexibility index (Phi) is 18.3. The zero-order valence-electron chi connectivity index (χ0n) is 35.7. The normalized spacial score (nSPS) is 21.1. The van der Waals surface area contributed by atoms with Crippen LogP contribution in [0.1, 0.15) is 152 Å². The van der Waals surface area contributed by atoms with Crippen molar-refractivity contribution in [1.82, 2.24) is 9.55 Å². The molecular formula is C43H67N5O9. The van der Waals surface area contributed by atoms with E-state index >= 15 is 0 Å². The molecule has 3 N–H and O–H groups in total. The predicted molar refractivity (Wildman–Crippen MR) is 220 cm³/mol. The van der Waals surface area contributed by atoms with Crippen LogP contribution in [-0.2, 0) is 20.7 Å². The standard InChI is InChI=1S/C33H54O5.C10H13N5O4/c1-22(2)12-9-13-23(3)14-10-15-24(4)16-11-20-33(8)21-19-28-27(7)31(25(5)26(6)32(28)38-33)37-30(36)18-17-29(34)35;1-5-3-15(10(18)12-9(5)17)8-2-6(13-14-11)7(4-16)19-8/h22-24H,9-21H2,1-8H3,(H,34,35);3,6-8,16H,2,4H2,1H3,(H,12,17,18)/t23-,24-,33-;6-,7+,8+/m10/s1. The zero-order chi connectivity index (χ0) is 42.4. The van der Waals surface area contributed by atoms with Crippen LogP contribution in [0, 0.1) is 45.4 Å². The summed E-state index contributed by atoms with van der Waals surface area (Å²) in [6.07, 6.45) is 13.4. The molecule has 318 valence electrons. The highest BCUT2D eigenvalue weighted by Crippen LogP contribution is 2.45. The van der Waals surface area contributed by atoms with Crippen LogP contribution < -0.4 is 20.7 Å². The second-order valence-corrected chi connectivity index (χ2v) is 17.1. The number of carboxylic acid groups (broad SMARTS) is 1. The molecule has 2 aliphatic heterocycles. The number of carbonyl (C=O) groups excluding carboxylic acids is 1. The van der Waals surface area contributed by atoms with Gasteiger partial charge in [-0.25, -0.2) is 4.79 Å². The fourth-order valence-corrected chi connectivity index (χ4v) is 7.83. The van der Waals surface area contributed by atoms with Gasteiger partial charge in [-0.05, 0) is 100 Å². The predicted octanol–water partition coefficient (Wildman–Crippen LogP) is 8.71. The van der Waals surface area contributed by atoms with Gasteiger partial charge in [0.2, 0.25) is 0 Å². The summed E-state index contributed by atoms with van der Waals surface area (Å²) in [5, 5.41) is 21.5. The smallest absolute Gasteiger partial charge is 0.330 e. The number of nitrogens with zero attached hydrogens (tertiary/aromatic N) is 4. The van der Waals surface area contributed by atoms with Crippen LogP contribution in [0.5, 0.6) is 11.5 Å². The monoisotopic (exact) mass is 797 g/mol.